The maximum absolute atomic E-state index is 12.9. The second-order valence-corrected chi connectivity index (χ2v) is 8.41. The molecule has 5 nitrogen and oxygen atoms in total. The van der Waals surface area contributed by atoms with E-state index >= 15 is 0 Å². The van der Waals surface area contributed by atoms with Gasteiger partial charge in [0.15, 0.2) is 0 Å². The van der Waals surface area contributed by atoms with E-state index in [-0.39, 0.29) is 11.9 Å². The molecule has 2 aliphatic carbocycles. The van der Waals surface area contributed by atoms with Crippen LogP contribution in [0.1, 0.15) is 57.8 Å². The van der Waals surface area contributed by atoms with Gasteiger partial charge in [-0.05, 0) is 50.4 Å². The standard InChI is InChI=1S/C19H31N3O2/c23-18(22-11-14-5-3-6-15(14)12-22)16-7-4-10-21(13-16)19(24)20-17-8-1-2-9-17/h14-17H,1-13H2,(H,20,24)/t14-,15-,16+/m1/s1. The largest absolute Gasteiger partial charge is 0.342 e. The minimum atomic E-state index is 0.0203. The zero-order valence-corrected chi connectivity index (χ0v) is 14.7. The summed E-state index contributed by atoms with van der Waals surface area (Å²) in [6.07, 6.45) is 10.5. The zero-order valence-electron chi connectivity index (χ0n) is 14.7. The van der Waals surface area contributed by atoms with Crippen molar-refractivity contribution in [1.29, 1.82) is 0 Å². The Morgan fingerprint density at radius 2 is 1.46 bits per heavy atom. The highest BCUT2D eigenvalue weighted by atomic mass is 16.2. The predicted octanol–water partition coefficient (Wildman–Crippen LogP) is 2.61. The Morgan fingerprint density at radius 1 is 0.750 bits per heavy atom. The number of carbonyl (C=O) groups excluding carboxylic acids is 2. The lowest BCUT2D eigenvalue weighted by atomic mass is 9.96. The van der Waals surface area contributed by atoms with E-state index in [0.29, 0.717) is 18.5 Å². The van der Waals surface area contributed by atoms with Crippen LogP contribution in [-0.4, -0.2) is 54.0 Å². The first-order valence-corrected chi connectivity index (χ1v) is 10.0. The topological polar surface area (TPSA) is 52.7 Å². The van der Waals surface area contributed by atoms with Crippen molar-refractivity contribution in [3.63, 3.8) is 0 Å². The lowest BCUT2D eigenvalue weighted by Crippen LogP contribution is -2.51. The molecule has 0 bridgehead atoms. The van der Waals surface area contributed by atoms with E-state index < -0.39 is 0 Å². The SMILES string of the molecule is O=C(NC1CCCC1)N1CCC[C@H](C(=O)N2C[C@H]3CCC[C@@H]3C2)C1. The Bertz CT molecular complexity index is 477. The lowest BCUT2D eigenvalue weighted by molar-refractivity contribution is -0.136. The minimum Gasteiger partial charge on any atom is -0.342 e. The molecule has 4 rings (SSSR count). The molecule has 5 heteroatoms. The number of fused-ring (bicyclic) bond motifs is 1. The molecule has 0 spiro atoms. The zero-order chi connectivity index (χ0) is 16.5. The summed E-state index contributed by atoms with van der Waals surface area (Å²) in [6.45, 7) is 3.35. The fourth-order valence-corrected chi connectivity index (χ4v) is 5.37. The third kappa shape index (κ3) is 3.27. The molecule has 1 N–H and O–H groups in total. The average molecular weight is 333 g/mol. The highest BCUT2D eigenvalue weighted by molar-refractivity contribution is 5.81. The quantitative estimate of drug-likeness (QED) is 0.844. The van der Waals surface area contributed by atoms with Crippen LogP contribution < -0.4 is 5.32 Å². The first-order chi connectivity index (χ1) is 11.7. The molecule has 0 aromatic heterocycles. The monoisotopic (exact) mass is 333 g/mol. The molecule has 2 heterocycles. The predicted molar refractivity (Wildman–Crippen MR) is 92.5 cm³/mol. The van der Waals surface area contributed by atoms with Crippen LogP contribution in [0.3, 0.4) is 0 Å². The third-order valence-corrected chi connectivity index (χ3v) is 6.78. The molecule has 2 saturated carbocycles. The highest BCUT2D eigenvalue weighted by Gasteiger charge is 2.40. The Labute approximate surface area is 145 Å². The summed E-state index contributed by atoms with van der Waals surface area (Å²) < 4.78 is 0. The normalized spacial score (nSPS) is 33.8. The van der Waals surface area contributed by atoms with Gasteiger partial charge in [0.1, 0.15) is 0 Å². The summed E-state index contributed by atoms with van der Waals surface area (Å²) >= 11 is 0. The fourth-order valence-electron chi connectivity index (χ4n) is 5.37. The Morgan fingerprint density at radius 3 is 2.17 bits per heavy atom. The first kappa shape index (κ1) is 16.2. The molecule has 0 unspecified atom stereocenters. The summed E-state index contributed by atoms with van der Waals surface area (Å²) in [4.78, 5) is 29.4. The molecule has 4 fully saturated rings. The van der Waals surface area contributed by atoms with Crippen molar-refractivity contribution in [2.75, 3.05) is 26.2 Å². The summed E-state index contributed by atoms with van der Waals surface area (Å²) in [6, 6.07) is 0.407. The molecule has 3 amide bonds. The molecule has 24 heavy (non-hydrogen) atoms. The second kappa shape index (κ2) is 6.93. The number of likely N-dealkylation sites (tertiary alicyclic amines) is 2. The molecule has 0 aromatic rings. The van der Waals surface area contributed by atoms with Crippen LogP contribution >= 0.6 is 0 Å². The van der Waals surface area contributed by atoms with Crippen LogP contribution in [0.25, 0.3) is 0 Å². The third-order valence-electron chi connectivity index (χ3n) is 6.78. The van der Waals surface area contributed by atoms with E-state index in [1.165, 1.54) is 32.1 Å². The Balaban J connectivity index is 1.31. The number of carbonyl (C=O) groups is 2. The van der Waals surface area contributed by atoms with Gasteiger partial charge in [0.25, 0.3) is 0 Å². The number of piperidine rings is 1. The van der Waals surface area contributed by atoms with Crippen LogP contribution in [0.4, 0.5) is 4.79 Å². The van der Waals surface area contributed by atoms with Crippen molar-refractivity contribution in [2.24, 2.45) is 17.8 Å². The number of hydrogen-bond donors (Lipinski definition) is 1. The van der Waals surface area contributed by atoms with Crippen LogP contribution in [0, 0.1) is 17.8 Å². The molecule has 3 atom stereocenters. The summed E-state index contributed by atoms with van der Waals surface area (Å²) in [7, 11) is 0. The van der Waals surface area contributed by atoms with Crippen molar-refractivity contribution < 1.29 is 9.59 Å². The van der Waals surface area contributed by atoms with Gasteiger partial charge in [0.05, 0.1) is 5.92 Å². The number of urea groups is 1. The van der Waals surface area contributed by atoms with Gasteiger partial charge in [0, 0.05) is 32.2 Å². The summed E-state index contributed by atoms with van der Waals surface area (Å²) in [5.74, 6) is 1.83. The summed E-state index contributed by atoms with van der Waals surface area (Å²) in [5.41, 5.74) is 0. The van der Waals surface area contributed by atoms with Crippen LogP contribution in [0.2, 0.25) is 0 Å². The van der Waals surface area contributed by atoms with E-state index in [0.717, 1.165) is 57.2 Å². The van der Waals surface area contributed by atoms with Crippen molar-refractivity contribution in [1.82, 2.24) is 15.1 Å². The van der Waals surface area contributed by atoms with Crippen LogP contribution in [-0.2, 0) is 4.79 Å². The van der Waals surface area contributed by atoms with Gasteiger partial charge in [-0.25, -0.2) is 4.79 Å². The highest BCUT2D eigenvalue weighted by Crippen LogP contribution is 2.38. The average Bonchev–Trinajstić information content (AvgIpc) is 3.31. The molecular weight excluding hydrogens is 302 g/mol. The van der Waals surface area contributed by atoms with E-state index in [1.807, 2.05) is 4.90 Å². The van der Waals surface area contributed by atoms with Gasteiger partial charge in [0.2, 0.25) is 5.91 Å². The maximum atomic E-state index is 12.9. The molecular formula is C19H31N3O2. The number of nitrogens with one attached hydrogen (secondary N) is 1. The van der Waals surface area contributed by atoms with Gasteiger partial charge >= 0.3 is 6.03 Å². The van der Waals surface area contributed by atoms with Gasteiger partial charge in [-0.3, -0.25) is 4.79 Å². The molecule has 134 valence electrons. The first-order valence-electron chi connectivity index (χ1n) is 10.0. The summed E-state index contributed by atoms with van der Waals surface area (Å²) in [5, 5.41) is 3.17. The van der Waals surface area contributed by atoms with Gasteiger partial charge in [-0.2, -0.15) is 0 Å². The van der Waals surface area contributed by atoms with Crippen molar-refractivity contribution >= 4 is 11.9 Å². The van der Waals surface area contributed by atoms with Crippen molar-refractivity contribution in [3.05, 3.63) is 0 Å². The Kier molecular flexibility index (Phi) is 4.68. The lowest BCUT2D eigenvalue weighted by Gasteiger charge is -2.34. The van der Waals surface area contributed by atoms with E-state index in [2.05, 4.69) is 10.2 Å². The van der Waals surface area contributed by atoms with Crippen LogP contribution in [0.5, 0.6) is 0 Å². The second-order valence-electron chi connectivity index (χ2n) is 8.41. The number of rotatable bonds is 2. The van der Waals surface area contributed by atoms with E-state index in [4.69, 9.17) is 0 Å². The number of nitrogens with zero attached hydrogens (tertiary/aromatic N) is 2. The number of hydrogen-bond acceptors (Lipinski definition) is 2. The van der Waals surface area contributed by atoms with Crippen molar-refractivity contribution in [3.8, 4) is 0 Å². The van der Waals surface area contributed by atoms with E-state index in [1.54, 1.807) is 0 Å². The Hall–Kier alpha value is -1.26. The maximum Gasteiger partial charge on any atom is 0.317 e. The van der Waals surface area contributed by atoms with Gasteiger partial charge < -0.3 is 15.1 Å². The van der Waals surface area contributed by atoms with Crippen molar-refractivity contribution in [2.45, 2.75) is 63.8 Å². The van der Waals surface area contributed by atoms with Gasteiger partial charge in [-0.15, -0.1) is 0 Å². The smallest absolute Gasteiger partial charge is 0.317 e. The molecule has 0 aromatic carbocycles. The molecule has 2 aliphatic heterocycles. The van der Waals surface area contributed by atoms with E-state index in [9.17, 15) is 9.59 Å². The van der Waals surface area contributed by atoms with Crippen LogP contribution in [0.15, 0.2) is 0 Å². The molecule has 0 radical (unpaired) electrons. The minimum absolute atomic E-state index is 0.0203. The fraction of sp³-hybridized carbons (Fsp3) is 0.895. The van der Waals surface area contributed by atoms with Gasteiger partial charge in [-0.1, -0.05) is 19.3 Å². The molecule has 4 aliphatic rings. The number of amides is 3. The molecule has 2 saturated heterocycles.